The highest BCUT2D eigenvalue weighted by atomic mass is 16.3. The SMILES string of the molecule is CC1=C(N(C)C(=O)C(C)(C)O)/C(=C/N2CCc3ccccc32)CC1.c1ccc2c(c1)CCN2. The van der Waals surface area contributed by atoms with E-state index in [2.05, 4.69) is 71.9 Å². The lowest BCUT2D eigenvalue weighted by molar-refractivity contribution is -0.144. The van der Waals surface area contributed by atoms with Crippen molar-refractivity contribution in [1.29, 1.82) is 0 Å². The molecule has 174 valence electrons. The monoisotopic (exact) mass is 445 g/mol. The molecule has 5 heteroatoms. The van der Waals surface area contributed by atoms with Crippen LogP contribution in [-0.2, 0) is 17.6 Å². The number of hydrogen-bond donors (Lipinski definition) is 2. The van der Waals surface area contributed by atoms with E-state index in [1.165, 1.54) is 53.9 Å². The molecule has 0 atom stereocenters. The lowest BCUT2D eigenvalue weighted by atomic mass is 10.1. The highest BCUT2D eigenvalue weighted by Gasteiger charge is 2.33. The van der Waals surface area contributed by atoms with E-state index in [1.807, 2.05) is 0 Å². The fourth-order valence-electron chi connectivity index (χ4n) is 4.90. The summed E-state index contributed by atoms with van der Waals surface area (Å²) in [6.45, 7) is 7.23. The molecular formula is C28H35N3O2. The third kappa shape index (κ3) is 4.98. The number of hydrogen-bond acceptors (Lipinski definition) is 4. The van der Waals surface area contributed by atoms with Crippen LogP contribution in [-0.4, -0.2) is 41.7 Å². The van der Waals surface area contributed by atoms with Crippen molar-refractivity contribution in [2.45, 2.75) is 52.1 Å². The highest BCUT2D eigenvalue weighted by molar-refractivity contribution is 5.86. The predicted molar refractivity (Wildman–Crippen MR) is 135 cm³/mol. The van der Waals surface area contributed by atoms with Crippen molar-refractivity contribution in [1.82, 2.24) is 4.90 Å². The number of nitrogens with zero attached hydrogens (tertiary/aromatic N) is 2. The van der Waals surface area contributed by atoms with Gasteiger partial charge in [-0.15, -0.1) is 0 Å². The Morgan fingerprint density at radius 1 is 1.03 bits per heavy atom. The summed E-state index contributed by atoms with van der Waals surface area (Å²) in [4.78, 5) is 16.4. The minimum Gasteiger partial charge on any atom is -0.384 e. The first-order chi connectivity index (χ1) is 15.8. The number of likely N-dealkylation sites (N-methyl/N-ethyl adjacent to an activating group) is 1. The zero-order valence-corrected chi connectivity index (χ0v) is 20.2. The summed E-state index contributed by atoms with van der Waals surface area (Å²) in [5, 5.41) is 13.4. The van der Waals surface area contributed by atoms with E-state index in [0.717, 1.165) is 38.0 Å². The summed E-state index contributed by atoms with van der Waals surface area (Å²) in [5.41, 5.74) is 7.37. The van der Waals surface area contributed by atoms with Crippen LogP contribution >= 0.6 is 0 Å². The molecule has 0 aromatic heterocycles. The third-order valence-corrected chi connectivity index (χ3v) is 6.60. The van der Waals surface area contributed by atoms with Gasteiger partial charge in [0, 0.05) is 43.4 Å². The number of rotatable bonds is 3. The van der Waals surface area contributed by atoms with Gasteiger partial charge in [0.15, 0.2) is 0 Å². The van der Waals surface area contributed by atoms with Crippen molar-refractivity contribution >= 4 is 17.3 Å². The number of anilines is 2. The van der Waals surface area contributed by atoms with E-state index in [-0.39, 0.29) is 5.91 Å². The maximum absolute atomic E-state index is 12.5. The first kappa shape index (κ1) is 23.1. The lowest BCUT2D eigenvalue weighted by Gasteiger charge is -2.28. The van der Waals surface area contributed by atoms with E-state index in [1.54, 1.807) is 11.9 Å². The maximum Gasteiger partial charge on any atom is 0.258 e. The average Bonchev–Trinajstić information content (AvgIpc) is 3.52. The fraction of sp³-hybridized carbons (Fsp3) is 0.393. The number of allylic oxidation sites excluding steroid dienone is 2. The van der Waals surface area contributed by atoms with Crippen LogP contribution in [0.4, 0.5) is 11.4 Å². The summed E-state index contributed by atoms with van der Waals surface area (Å²) in [6, 6.07) is 16.9. The Hall–Kier alpha value is -3.05. The van der Waals surface area contributed by atoms with E-state index < -0.39 is 5.60 Å². The highest BCUT2D eigenvalue weighted by Crippen LogP contribution is 2.36. The number of para-hydroxylation sites is 2. The molecule has 0 spiro atoms. The van der Waals surface area contributed by atoms with Crippen molar-refractivity contribution in [2.75, 3.05) is 30.4 Å². The molecule has 3 aliphatic rings. The second-order valence-corrected chi connectivity index (χ2v) is 9.61. The zero-order valence-electron chi connectivity index (χ0n) is 20.2. The number of aliphatic hydroxyl groups is 1. The van der Waals surface area contributed by atoms with E-state index >= 15 is 0 Å². The van der Waals surface area contributed by atoms with Gasteiger partial charge in [-0.1, -0.05) is 36.4 Å². The van der Waals surface area contributed by atoms with E-state index in [0.29, 0.717) is 0 Å². The van der Waals surface area contributed by atoms with Gasteiger partial charge in [-0.25, -0.2) is 0 Å². The summed E-state index contributed by atoms with van der Waals surface area (Å²) >= 11 is 0. The van der Waals surface area contributed by atoms with Gasteiger partial charge in [0.1, 0.15) is 5.60 Å². The quantitative estimate of drug-likeness (QED) is 0.707. The van der Waals surface area contributed by atoms with Crippen molar-refractivity contribution in [2.24, 2.45) is 0 Å². The van der Waals surface area contributed by atoms with Crippen molar-refractivity contribution in [3.63, 3.8) is 0 Å². The molecule has 2 aromatic carbocycles. The van der Waals surface area contributed by atoms with Crippen molar-refractivity contribution in [3.8, 4) is 0 Å². The molecule has 0 saturated heterocycles. The summed E-state index contributed by atoms with van der Waals surface area (Å²) in [7, 11) is 1.76. The molecule has 33 heavy (non-hydrogen) atoms. The van der Waals surface area contributed by atoms with E-state index in [4.69, 9.17) is 0 Å². The van der Waals surface area contributed by atoms with Crippen LogP contribution in [0.25, 0.3) is 0 Å². The van der Waals surface area contributed by atoms with Gasteiger partial charge in [-0.05, 0) is 80.9 Å². The molecule has 5 rings (SSSR count). The number of amides is 1. The molecule has 1 aliphatic carbocycles. The molecule has 5 nitrogen and oxygen atoms in total. The molecule has 0 bridgehead atoms. The smallest absolute Gasteiger partial charge is 0.258 e. The largest absolute Gasteiger partial charge is 0.384 e. The Labute approximate surface area is 197 Å². The second-order valence-electron chi connectivity index (χ2n) is 9.61. The van der Waals surface area contributed by atoms with Gasteiger partial charge >= 0.3 is 0 Å². The van der Waals surface area contributed by atoms with Gasteiger partial charge in [0.05, 0.1) is 0 Å². The van der Waals surface area contributed by atoms with Gasteiger partial charge in [-0.3, -0.25) is 4.79 Å². The number of carbonyl (C=O) groups excluding carboxylic acids is 1. The minimum atomic E-state index is -1.37. The molecule has 2 aromatic rings. The summed E-state index contributed by atoms with van der Waals surface area (Å²) in [5.74, 6) is -0.272. The Kier molecular flexibility index (Phi) is 6.61. The Morgan fingerprint density at radius 2 is 1.73 bits per heavy atom. The van der Waals surface area contributed by atoms with Crippen LogP contribution in [0.5, 0.6) is 0 Å². The van der Waals surface area contributed by atoms with Gasteiger partial charge in [-0.2, -0.15) is 0 Å². The number of carbonyl (C=O) groups is 1. The molecule has 0 fully saturated rings. The van der Waals surface area contributed by atoms with Crippen LogP contribution < -0.4 is 10.2 Å². The topological polar surface area (TPSA) is 55.8 Å². The minimum absolute atomic E-state index is 0.272. The standard InChI is InChI=1S/C20H26N2O2.C8H9N/c1-14-9-10-16(18(14)21(4)19(23)20(2,3)24)13-22-12-11-15-7-5-6-8-17(15)22;1-2-4-8-7(3-1)5-6-9-8/h5-8,13,24H,9-12H2,1-4H3;1-4,9H,5-6H2/b16-13+;. The van der Waals surface area contributed by atoms with Crippen LogP contribution in [0.2, 0.25) is 0 Å². The number of nitrogens with one attached hydrogen (secondary N) is 1. The Bertz CT molecular complexity index is 1070. The van der Waals surface area contributed by atoms with Gasteiger partial charge in [0.2, 0.25) is 0 Å². The van der Waals surface area contributed by atoms with E-state index in [9.17, 15) is 9.90 Å². The first-order valence-electron chi connectivity index (χ1n) is 11.8. The normalized spacial score (nSPS) is 18.0. The molecule has 2 heterocycles. The molecule has 2 aliphatic heterocycles. The second kappa shape index (κ2) is 9.44. The average molecular weight is 446 g/mol. The first-order valence-corrected chi connectivity index (χ1v) is 11.8. The summed E-state index contributed by atoms with van der Waals surface area (Å²) in [6.07, 6.45) is 6.32. The molecule has 2 N–H and O–H groups in total. The van der Waals surface area contributed by atoms with Crippen molar-refractivity contribution in [3.05, 3.63) is 82.7 Å². The Balaban J connectivity index is 0.000000238. The molecular weight excluding hydrogens is 410 g/mol. The molecule has 0 unspecified atom stereocenters. The summed E-state index contributed by atoms with van der Waals surface area (Å²) < 4.78 is 0. The Morgan fingerprint density at radius 3 is 2.45 bits per heavy atom. The van der Waals surface area contributed by atoms with Crippen LogP contribution in [0.15, 0.2) is 71.6 Å². The third-order valence-electron chi connectivity index (χ3n) is 6.60. The zero-order chi connectivity index (χ0) is 23.6. The number of fused-ring (bicyclic) bond motifs is 2. The fourth-order valence-corrected chi connectivity index (χ4v) is 4.90. The van der Waals surface area contributed by atoms with Crippen LogP contribution in [0, 0.1) is 0 Å². The number of benzene rings is 2. The van der Waals surface area contributed by atoms with Crippen LogP contribution in [0.1, 0.15) is 44.7 Å². The molecule has 0 radical (unpaired) electrons. The van der Waals surface area contributed by atoms with Gasteiger partial charge < -0.3 is 20.2 Å². The van der Waals surface area contributed by atoms with Crippen molar-refractivity contribution < 1.29 is 9.90 Å². The van der Waals surface area contributed by atoms with Gasteiger partial charge in [0.25, 0.3) is 5.91 Å². The molecule has 1 amide bonds. The molecule has 0 saturated carbocycles. The lowest BCUT2D eigenvalue weighted by Crippen LogP contribution is -2.43. The van der Waals surface area contributed by atoms with Crippen LogP contribution in [0.3, 0.4) is 0 Å². The predicted octanol–water partition coefficient (Wildman–Crippen LogP) is 4.88. The maximum atomic E-state index is 12.5.